The van der Waals surface area contributed by atoms with Gasteiger partial charge in [-0.3, -0.25) is 19.7 Å². The lowest BCUT2D eigenvalue weighted by Crippen LogP contribution is -2.41. The molecule has 0 heterocycles. The lowest BCUT2D eigenvalue weighted by molar-refractivity contribution is -0.384. The maximum atomic E-state index is 12.8. The van der Waals surface area contributed by atoms with Crippen LogP contribution >= 0.6 is 11.6 Å². The number of benzene rings is 2. The van der Waals surface area contributed by atoms with Gasteiger partial charge in [0.05, 0.1) is 10.5 Å². The summed E-state index contributed by atoms with van der Waals surface area (Å²) in [6.07, 6.45) is 0. The molecule has 0 unspecified atom stereocenters. The van der Waals surface area contributed by atoms with Crippen LogP contribution in [0.5, 0.6) is 0 Å². The van der Waals surface area contributed by atoms with Crippen molar-refractivity contribution in [3.05, 3.63) is 74.3 Å². The van der Waals surface area contributed by atoms with E-state index in [2.05, 4.69) is 5.32 Å². The third-order valence-corrected chi connectivity index (χ3v) is 3.63. The SMILES string of the molecule is CC(C)(C)NC(=O)c1ccccc1C(=O)c1ccc(Cl)c([N+](=O)[O-])c1. The first kappa shape index (κ1) is 18.6. The largest absolute Gasteiger partial charge is 0.347 e. The van der Waals surface area contributed by atoms with Crippen LogP contribution in [0.4, 0.5) is 5.69 Å². The van der Waals surface area contributed by atoms with Crippen LogP contribution in [0, 0.1) is 10.1 Å². The van der Waals surface area contributed by atoms with Crippen molar-refractivity contribution in [2.24, 2.45) is 0 Å². The number of amides is 1. The zero-order valence-electron chi connectivity index (χ0n) is 14.0. The first-order chi connectivity index (χ1) is 11.6. The topological polar surface area (TPSA) is 89.3 Å². The number of nitrogens with one attached hydrogen (secondary N) is 1. The summed E-state index contributed by atoms with van der Waals surface area (Å²) in [6, 6.07) is 10.1. The molecule has 0 atom stereocenters. The molecule has 2 aromatic rings. The summed E-state index contributed by atoms with van der Waals surface area (Å²) in [4.78, 5) is 35.6. The number of nitro benzene ring substituents is 1. The maximum absolute atomic E-state index is 12.8. The number of ketones is 1. The lowest BCUT2D eigenvalue weighted by atomic mass is 9.97. The van der Waals surface area contributed by atoms with Crippen molar-refractivity contribution in [3.8, 4) is 0 Å². The van der Waals surface area contributed by atoms with Crippen LogP contribution in [0.15, 0.2) is 42.5 Å². The summed E-state index contributed by atoms with van der Waals surface area (Å²) in [5.41, 5.74) is -0.358. The van der Waals surface area contributed by atoms with E-state index < -0.39 is 16.2 Å². The van der Waals surface area contributed by atoms with Gasteiger partial charge in [-0.05, 0) is 39.0 Å². The molecule has 0 bridgehead atoms. The molecule has 0 aromatic heterocycles. The lowest BCUT2D eigenvalue weighted by Gasteiger charge is -2.21. The molecule has 0 radical (unpaired) electrons. The predicted molar refractivity (Wildman–Crippen MR) is 95.2 cm³/mol. The standard InChI is InChI=1S/C18H17ClN2O4/c1-18(2,3)20-17(23)13-7-5-4-6-12(13)16(22)11-8-9-14(19)15(10-11)21(24)25/h4-10H,1-3H3,(H,20,23). The van der Waals surface area contributed by atoms with E-state index in [-0.39, 0.29) is 33.3 Å². The second-order valence-corrected chi connectivity index (χ2v) is 6.91. The summed E-state index contributed by atoms with van der Waals surface area (Å²) in [5.74, 6) is -0.876. The number of nitrogens with zero attached hydrogens (tertiary/aromatic N) is 1. The van der Waals surface area contributed by atoms with Gasteiger partial charge in [0.25, 0.3) is 11.6 Å². The fraction of sp³-hybridized carbons (Fsp3) is 0.222. The molecule has 1 N–H and O–H groups in total. The molecule has 2 aromatic carbocycles. The number of rotatable bonds is 4. The van der Waals surface area contributed by atoms with Gasteiger partial charge in [0.15, 0.2) is 5.78 Å². The van der Waals surface area contributed by atoms with Crippen molar-refractivity contribution >= 4 is 29.0 Å². The maximum Gasteiger partial charge on any atom is 0.288 e. The number of halogens is 1. The Balaban J connectivity index is 2.46. The van der Waals surface area contributed by atoms with Crippen molar-refractivity contribution < 1.29 is 14.5 Å². The van der Waals surface area contributed by atoms with Crippen LogP contribution in [0.1, 0.15) is 47.1 Å². The third-order valence-electron chi connectivity index (χ3n) is 3.31. The summed E-state index contributed by atoms with van der Waals surface area (Å²) in [7, 11) is 0. The molecular weight excluding hydrogens is 344 g/mol. The molecule has 0 saturated carbocycles. The highest BCUT2D eigenvalue weighted by atomic mass is 35.5. The Morgan fingerprint density at radius 2 is 1.68 bits per heavy atom. The van der Waals surface area contributed by atoms with E-state index in [4.69, 9.17) is 11.6 Å². The quantitative estimate of drug-likeness (QED) is 0.506. The fourth-order valence-corrected chi connectivity index (χ4v) is 2.42. The second-order valence-electron chi connectivity index (χ2n) is 6.50. The summed E-state index contributed by atoms with van der Waals surface area (Å²) >= 11 is 5.78. The minimum Gasteiger partial charge on any atom is -0.347 e. The van der Waals surface area contributed by atoms with E-state index in [1.807, 2.05) is 20.8 Å². The Labute approximate surface area is 150 Å². The smallest absolute Gasteiger partial charge is 0.288 e. The Hall–Kier alpha value is -2.73. The molecule has 0 saturated heterocycles. The fourth-order valence-electron chi connectivity index (χ4n) is 2.24. The van der Waals surface area contributed by atoms with Crippen LogP contribution in [0.3, 0.4) is 0 Å². The van der Waals surface area contributed by atoms with Crippen molar-refractivity contribution in [1.82, 2.24) is 5.32 Å². The summed E-state index contributed by atoms with van der Waals surface area (Å²) < 4.78 is 0. The average Bonchev–Trinajstić information content (AvgIpc) is 2.52. The molecule has 6 nitrogen and oxygen atoms in total. The molecule has 7 heteroatoms. The molecule has 0 fully saturated rings. The minimum absolute atomic E-state index is 0.0553. The van der Waals surface area contributed by atoms with Gasteiger partial charge in [0.2, 0.25) is 0 Å². The van der Waals surface area contributed by atoms with Crippen LogP contribution < -0.4 is 5.32 Å². The Bertz CT molecular complexity index is 856. The van der Waals surface area contributed by atoms with Gasteiger partial charge in [-0.2, -0.15) is 0 Å². The van der Waals surface area contributed by atoms with E-state index in [1.54, 1.807) is 18.2 Å². The van der Waals surface area contributed by atoms with Crippen LogP contribution in [0.25, 0.3) is 0 Å². The van der Waals surface area contributed by atoms with Crippen LogP contribution in [0.2, 0.25) is 5.02 Å². The molecule has 0 spiro atoms. The van der Waals surface area contributed by atoms with Crippen molar-refractivity contribution in [3.63, 3.8) is 0 Å². The van der Waals surface area contributed by atoms with Gasteiger partial charge in [-0.25, -0.2) is 0 Å². The minimum atomic E-state index is -0.655. The number of carbonyl (C=O) groups excluding carboxylic acids is 2. The molecule has 2 rings (SSSR count). The van der Waals surface area contributed by atoms with Crippen LogP contribution in [-0.4, -0.2) is 22.2 Å². The Morgan fingerprint density at radius 1 is 1.08 bits per heavy atom. The predicted octanol–water partition coefficient (Wildman–Crippen LogP) is 4.01. The monoisotopic (exact) mass is 360 g/mol. The summed E-state index contributed by atoms with van der Waals surface area (Å²) in [5, 5.41) is 13.8. The third kappa shape index (κ3) is 4.42. The number of carbonyl (C=O) groups is 2. The zero-order chi connectivity index (χ0) is 18.8. The number of nitro groups is 1. The van der Waals surface area contributed by atoms with Crippen LogP contribution in [-0.2, 0) is 0 Å². The van der Waals surface area contributed by atoms with E-state index in [9.17, 15) is 19.7 Å². The Kier molecular flexibility index (Phi) is 5.23. The van der Waals surface area contributed by atoms with E-state index >= 15 is 0 Å². The second kappa shape index (κ2) is 7.03. The van der Waals surface area contributed by atoms with Gasteiger partial charge >= 0.3 is 0 Å². The molecule has 25 heavy (non-hydrogen) atoms. The van der Waals surface area contributed by atoms with Gasteiger partial charge in [-0.15, -0.1) is 0 Å². The molecule has 0 aliphatic carbocycles. The molecular formula is C18H17ClN2O4. The van der Waals surface area contributed by atoms with Crippen molar-refractivity contribution in [2.45, 2.75) is 26.3 Å². The first-order valence-electron chi connectivity index (χ1n) is 7.50. The average molecular weight is 361 g/mol. The van der Waals surface area contributed by atoms with Gasteiger partial charge in [0, 0.05) is 22.7 Å². The molecule has 0 aliphatic heterocycles. The summed E-state index contributed by atoms with van der Waals surface area (Å²) in [6.45, 7) is 5.49. The van der Waals surface area contributed by atoms with Crippen molar-refractivity contribution in [1.29, 1.82) is 0 Å². The number of hydrogen-bond acceptors (Lipinski definition) is 4. The molecule has 1 amide bonds. The van der Waals surface area contributed by atoms with Gasteiger partial charge < -0.3 is 5.32 Å². The molecule has 0 aliphatic rings. The highest BCUT2D eigenvalue weighted by molar-refractivity contribution is 6.33. The first-order valence-corrected chi connectivity index (χ1v) is 7.88. The van der Waals surface area contributed by atoms with E-state index in [0.29, 0.717) is 0 Å². The highest BCUT2D eigenvalue weighted by Crippen LogP contribution is 2.27. The normalized spacial score (nSPS) is 11.0. The highest BCUT2D eigenvalue weighted by Gasteiger charge is 2.23. The van der Waals surface area contributed by atoms with Gasteiger partial charge in [0.1, 0.15) is 5.02 Å². The molecule has 130 valence electrons. The van der Waals surface area contributed by atoms with Crippen molar-refractivity contribution in [2.75, 3.05) is 0 Å². The van der Waals surface area contributed by atoms with E-state index in [1.165, 1.54) is 18.2 Å². The number of hydrogen-bond donors (Lipinski definition) is 1. The zero-order valence-corrected chi connectivity index (χ0v) is 14.8. The van der Waals surface area contributed by atoms with E-state index in [0.717, 1.165) is 6.07 Å². The Morgan fingerprint density at radius 3 is 2.24 bits per heavy atom. The van der Waals surface area contributed by atoms with Gasteiger partial charge in [-0.1, -0.05) is 29.8 Å².